The minimum Gasteiger partial charge on any atom is -0.378 e. The minimum atomic E-state index is -3.79. The van der Waals surface area contributed by atoms with Gasteiger partial charge in [-0.1, -0.05) is 46.3 Å². The van der Waals surface area contributed by atoms with Crippen LogP contribution in [-0.2, 0) is 14.8 Å². The van der Waals surface area contributed by atoms with Crippen LogP contribution in [0.4, 0.5) is 0 Å². The van der Waals surface area contributed by atoms with Crippen LogP contribution in [0.3, 0.4) is 0 Å². The van der Waals surface area contributed by atoms with Crippen LogP contribution in [0.25, 0.3) is 0 Å². The van der Waals surface area contributed by atoms with Crippen molar-refractivity contribution in [2.75, 3.05) is 26.3 Å². The van der Waals surface area contributed by atoms with Gasteiger partial charge in [-0.2, -0.15) is 8.42 Å². The van der Waals surface area contributed by atoms with Crippen LogP contribution >= 0.6 is 15.9 Å². The van der Waals surface area contributed by atoms with Gasteiger partial charge in [0.25, 0.3) is 10.0 Å². The van der Waals surface area contributed by atoms with Gasteiger partial charge in [0.1, 0.15) is 5.84 Å². The molecule has 3 rings (SSSR count). The topological polar surface area (TPSA) is 59.0 Å². The first kappa shape index (κ1) is 17.1. The molecule has 0 atom stereocenters. The molecule has 126 valence electrons. The summed E-state index contributed by atoms with van der Waals surface area (Å²) in [5, 5.41) is 0. The Balaban J connectivity index is 2.03. The molecule has 1 fully saturated rings. The van der Waals surface area contributed by atoms with Crippen LogP contribution in [0.1, 0.15) is 5.56 Å². The highest BCUT2D eigenvalue weighted by molar-refractivity contribution is 9.10. The molecule has 7 heteroatoms. The van der Waals surface area contributed by atoms with Crippen molar-refractivity contribution in [1.82, 2.24) is 4.90 Å². The van der Waals surface area contributed by atoms with E-state index in [0.717, 1.165) is 10.0 Å². The number of amidine groups is 1. The van der Waals surface area contributed by atoms with E-state index >= 15 is 0 Å². The molecular formula is C17H17BrN2O3S. The molecule has 0 aromatic heterocycles. The van der Waals surface area contributed by atoms with Crippen molar-refractivity contribution < 1.29 is 13.2 Å². The second-order valence-corrected chi connectivity index (χ2v) is 7.83. The molecule has 5 nitrogen and oxygen atoms in total. The van der Waals surface area contributed by atoms with Gasteiger partial charge in [0.2, 0.25) is 0 Å². The van der Waals surface area contributed by atoms with Crippen molar-refractivity contribution in [3.8, 4) is 0 Å². The predicted molar refractivity (Wildman–Crippen MR) is 96.7 cm³/mol. The lowest BCUT2D eigenvalue weighted by atomic mass is 10.2. The molecule has 1 aliphatic heterocycles. The van der Waals surface area contributed by atoms with E-state index in [0.29, 0.717) is 32.1 Å². The van der Waals surface area contributed by atoms with Gasteiger partial charge in [-0.15, -0.1) is 4.40 Å². The lowest BCUT2D eigenvalue weighted by molar-refractivity contribution is 0.0683. The zero-order valence-electron chi connectivity index (χ0n) is 12.9. The molecule has 1 aliphatic rings. The van der Waals surface area contributed by atoms with Crippen LogP contribution in [0.2, 0.25) is 0 Å². The number of ether oxygens (including phenoxy) is 1. The minimum absolute atomic E-state index is 0.174. The number of sulfonamides is 1. The Kier molecular flexibility index (Phi) is 5.33. The normalized spacial score (nSPS) is 16.2. The zero-order chi connectivity index (χ0) is 17.0. The second-order valence-electron chi connectivity index (χ2n) is 5.31. The fourth-order valence-corrected chi connectivity index (χ4v) is 3.73. The second kappa shape index (κ2) is 7.46. The van der Waals surface area contributed by atoms with Gasteiger partial charge >= 0.3 is 0 Å². The summed E-state index contributed by atoms with van der Waals surface area (Å²) in [6, 6.07) is 15.9. The monoisotopic (exact) mass is 408 g/mol. The van der Waals surface area contributed by atoms with Crippen molar-refractivity contribution in [3.05, 3.63) is 64.6 Å². The highest BCUT2D eigenvalue weighted by Crippen LogP contribution is 2.19. The maximum Gasteiger partial charge on any atom is 0.284 e. The van der Waals surface area contributed by atoms with Crippen LogP contribution in [0, 0.1) is 0 Å². The molecule has 0 aliphatic carbocycles. The summed E-state index contributed by atoms with van der Waals surface area (Å²) in [6.45, 7) is 2.35. The number of morpholine rings is 1. The van der Waals surface area contributed by atoms with Gasteiger partial charge in [-0.25, -0.2) is 0 Å². The van der Waals surface area contributed by atoms with Crippen molar-refractivity contribution in [2.24, 2.45) is 4.40 Å². The third kappa shape index (κ3) is 4.03. The van der Waals surface area contributed by atoms with Crippen molar-refractivity contribution >= 4 is 31.8 Å². The molecule has 24 heavy (non-hydrogen) atoms. The molecule has 0 saturated carbocycles. The van der Waals surface area contributed by atoms with E-state index < -0.39 is 10.0 Å². The van der Waals surface area contributed by atoms with Gasteiger partial charge in [0, 0.05) is 23.1 Å². The van der Waals surface area contributed by atoms with E-state index in [9.17, 15) is 8.42 Å². The zero-order valence-corrected chi connectivity index (χ0v) is 15.3. The van der Waals surface area contributed by atoms with E-state index in [1.807, 2.05) is 35.2 Å². The Morgan fingerprint density at radius 1 is 1.00 bits per heavy atom. The van der Waals surface area contributed by atoms with Crippen LogP contribution in [-0.4, -0.2) is 45.5 Å². The average molecular weight is 409 g/mol. The molecule has 0 unspecified atom stereocenters. The molecule has 0 spiro atoms. The molecule has 2 aromatic rings. The number of nitrogens with zero attached hydrogens (tertiary/aromatic N) is 2. The van der Waals surface area contributed by atoms with Crippen molar-refractivity contribution in [1.29, 1.82) is 0 Å². The predicted octanol–water partition coefficient (Wildman–Crippen LogP) is 2.92. The van der Waals surface area contributed by atoms with E-state index in [-0.39, 0.29) is 4.90 Å². The number of benzene rings is 2. The first-order valence-electron chi connectivity index (χ1n) is 7.55. The standard InChI is InChI=1S/C17H17BrN2O3S/c18-15-6-8-16(9-7-15)24(21,22)19-17(14-4-2-1-3-5-14)20-10-12-23-13-11-20/h1-9H,10-13H2. The van der Waals surface area contributed by atoms with Crippen LogP contribution in [0.5, 0.6) is 0 Å². The fourth-order valence-electron chi connectivity index (χ4n) is 2.43. The summed E-state index contributed by atoms with van der Waals surface area (Å²) in [5.41, 5.74) is 0.778. The smallest absolute Gasteiger partial charge is 0.284 e. The third-order valence-electron chi connectivity index (χ3n) is 3.66. The Morgan fingerprint density at radius 3 is 2.25 bits per heavy atom. The summed E-state index contributed by atoms with van der Waals surface area (Å²) in [7, 11) is -3.79. The summed E-state index contributed by atoms with van der Waals surface area (Å²) in [4.78, 5) is 2.13. The Bertz CT molecular complexity index is 815. The molecule has 0 radical (unpaired) electrons. The summed E-state index contributed by atoms with van der Waals surface area (Å²) < 4.78 is 35.7. The van der Waals surface area contributed by atoms with Gasteiger partial charge < -0.3 is 9.64 Å². The van der Waals surface area contributed by atoms with Crippen molar-refractivity contribution in [2.45, 2.75) is 4.90 Å². The lowest BCUT2D eigenvalue weighted by Crippen LogP contribution is -2.41. The lowest BCUT2D eigenvalue weighted by Gasteiger charge is -2.29. The SMILES string of the molecule is O=S(=O)(N=C(c1ccccc1)N1CCOCC1)c1ccc(Br)cc1. The van der Waals surface area contributed by atoms with E-state index in [4.69, 9.17) is 4.74 Å². The first-order valence-corrected chi connectivity index (χ1v) is 9.78. The fraction of sp³-hybridized carbons (Fsp3) is 0.235. The summed E-state index contributed by atoms with van der Waals surface area (Å²) >= 11 is 3.31. The first-order chi connectivity index (χ1) is 11.6. The van der Waals surface area contributed by atoms with Gasteiger partial charge in [0.05, 0.1) is 18.1 Å². The molecule has 2 aromatic carbocycles. The molecule has 0 bridgehead atoms. The quantitative estimate of drug-likeness (QED) is 0.578. The molecule has 1 saturated heterocycles. The number of hydrogen-bond acceptors (Lipinski definition) is 3. The molecular weight excluding hydrogens is 392 g/mol. The Morgan fingerprint density at radius 2 is 1.62 bits per heavy atom. The van der Waals surface area contributed by atoms with Crippen LogP contribution in [0.15, 0.2) is 68.4 Å². The maximum absolute atomic E-state index is 12.7. The van der Waals surface area contributed by atoms with Gasteiger partial charge in [0.15, 0.2) is 0 Å². The maximum atomic E-state index is 12.7. The molecule has 0 amide bonds. The number of rotatable bonds is 3. The number of hydrogen-bond donors (Lipinski definition) is 0. The van der Waals surface area contributed by atoms with Crippen LogP contribution < -0.4 is 0 Å². The summed E-state index contributed by atoms with van der Waals surface area (Å²) in [6.07, 6.45) is 0. The third-order valence-corrected chi connectivity index (χ3v) is 5.47. The van der Waals surface area contributed by atoms with Crippen molar-refractivity contribution in [3.63, 3.8) is 0 Å². The van der Waals surface area contributed by atoms with E-state index in [1.165, 1.54) is 0 Å². The molecule has 0 N–H and O–H groups in total. The summed E-state index contributed by atoms with van der Waals surface area (Å²) in [5.74, 6) is 0.460. The van der Waals surface area contributed by atoms with Gasteiger partial charge in [-0.3, -0.25) is 0 Å². The Labute approximate surface area is 150 Å². The largest absolute Gasteiger partial charge is 0.378 e. The molecule has 1 heterocycles. The van der Waals surface area contributed by atoms with E-state index in [1.54, 1.807) is 24.3 Å². The van der Waals surface area contributed by atoms with E-state index in [2.05, 4.69) is 20.3 Å². The Hall–Kier alpha value is -1.70. The highest BCUT2D eigenvalue weighted by Gasteiger charge is 2.21. The number of halogens is 1. The van der Waals surface area contributed by atoms with Gasteiger partial charge in [-0.05, 0) is 24.3 Å². The average Bonchev–Trinajstić information content (AvgIpc) is 2.62. The highest BCUT2D eigenvalue weighted by atomic mass is 79.9.